The van der Waals surface area contributed by atoms with Crippen LogP contribution in [-0.2, 0) is 0 Å². The fourth-order valence-corrected chi connectivity index (χ4v) is 3.64. The van der Waals surface area contributed by atoms with E-state index in [1.165, 1.54) is 38.6 Å². The lowest BCUT2D eigenvalue weighted by Crippen LogP contribution is -1.92. The quantitative estimate of drug-likeness (QED) is 0.311. The maximum absolute atomic E-state index is 2.35. The summed E-state index contributed by atoms with van der Waals surface area (Å²) in [6.45, 7) is 4.00. The van der Waals surface area contributed by atoms with Crippen LogP contribution in [0.4, 0.5) is 0 Å². The lowest BCUT2D eigenvalue weighted by Gasteiger charge is -2.08. The average molecular weight is 349 g/mol. The summed E-state index contributed by atoms with van der Waals surface area (Å²) in [4.78, 5) is 0. The van der Waals surface area contributed by atoms with Crippen LogP contribution in [0.5, 0.6) is 0 Å². The molecule has 0 unspecified atom stereocenters. The molecule has 0 saturated carbocycles. The second kappa shape index (κ2) is 7.51. The minimum Gasteiger partial charge on any atom is -0.309 e. The molecule has 1 heteroatoms. The van der Waals surface area contributed by atoms with Crippen LogP contribution in [0.25, 0.3) is 38.6 Å². The van der Waals surface area contributed by atoms with E-state index in [0.29, 0.717) is 0 Å². The molecule has 1 nitrogen and oxygen atoms in total. The summed E-state index contributed by atoms with van der Waals surface area (Å²) >= 11 is 0. The van der Waals surface area contributed by atoms with E-state index in [4.69, 9.17) is 0 Å². The monoisotopic (exact) mass is 349 g/mol. The first-order valence-corrected chi connectivity index (χ1v) is 9.56. The van der Waals surface area contributed by atoms with Gasteiger partial charge in [0.1, 0.15) is 0 Å². The lowest BCUT2D eigenvalue weighted by molar-refractivity contribution is 1.18. The minimum atomic E-state index is 1.20. The van der Waals surface area contributed by atoms with E-state index in [1.807, 2.05) is 13.8 Å². The molecule has 132 valence electrons. The van der Waals surface area contributed by atoms with Crippen molar-refractivity contribution in [1.29, 1.82) is 0 Å². The van der Waals surface area contributed by atoms with Crippen molar-refractivity contribution in [2.24, 2.45) is 0 Å². The Hall–Kier alpha value is -3.32. The van der Waals surface area contributed by atoms with Gasteiger partial charge in [-0.05, 0) is 41.5 Å². The van der Waals surface area contributed by atoms with Crippen LogP contribution in [0, 0.1) is 0 Å². The number of hydrogen-bond donors (Lipinski definition) is 0. The van der Waals surface area contributed by atoms with Crippen molar-refractivity contribution in [1.82, 2.24) is 4.57 Å². The van der Waals surface area contributed by atoms with Crippen LogP contribution in [0.2, 0.25) is 0 Å². The summed E-state index contributed by atoms with van der Waals surface area (Å²) in [6, 6.07) is 36.5. The summed E-state index contributed by atoms with van der Waals surface area (Å²) in [5, 5.41) is 2.58. The van der Waals surface area contributed by atoms with Gasteiger partial charge in [0.05, 0.1) is 11.0 Å². The van der Waals surface area contributed by atoms with Crippen LogP contribution < -0.4 is 0 Å². The number of para-hydroxylation sites is 2. The number of aromatic nitrogens is 1. The largest absolute Gasteiger partial charge is 0.309 e. The van der Waals surface area contributed by atoms with E-state index in [0.717, 1.165) is 0 Å². The first-order chi connectivity index (χ1) is 13.4. The van der Waals surface area contributed by atoms with Crippen LogP contribution >= 0.6 is 0 Å². The van der Waals surface area contributed by atoms with Gasteiger partial charge in [0.2, 0.25) is 0 Å². The minimum absolute atomic E-state index is 1.20. The molecule has 4 aromatic carbocycles. The number of nitrogens with zero attached hydrogens (tertiary/aromatic N) is 1. The Morgan fingerprint density at radius 2 is 1.07 bits per heavy atom. The molecule has 1 aromatic heterocycles. The van der Waals surface area contributed by atoms with Gasteiger partial charge in [-0.2, -0.15) is 0 Å². The van der Waals surface area contributed by atoms with Crippen molar-refractivity contribution in [3.63, 3.8) is 0 Å². The van der Waals surface area contributed by atoms with Crippen molar-refractivity contribution >= 4 is 21.8 Å². The third kappa shape index (κ3) is 3.02. The van der Waals surface area contributed by atoms with Crippen molar-refractivity contribution < 1.29 is 0 Å². The zero-order valence-electron chi connectivity index (χ0n) is 15.8. The topological polar surface area (TPSA) is 4.93 Å². The Bertz CT molecular complexity index is 1170. The molecule has 0 radical (unpaired) electrons. The van der Waals surface area contributed by atoms with E-state index < -0.39 is 0 Å². The zero-order chi connectivity index (χ0) is 18.6. The molecule has 0 aliphatic rings. The predicted molar refractivity (Wildman–Crippen MR) is 118 cm³/mol. The molecule has 0 spiro atoms. The second-order valence-corrected chi connectivity index (χ2v) is 6.29. The summed E-state index contributed by atoms with van der Waals surface area (Å²) in [7, 11) is 0. The van der Waals surface area contributed by atoms with Gasteiger partial charge >= 0.3 is 0 Å². The molecular weight excluding hydrogens is 326 g/mol. The fourth-order valence-electron chi connectivity index (χ4n) is 3.64. The Morgan fingerprint density at radius 1 is 0.481 bits per heavy atom. The Balaban J connectivity index is 0.000000872. The standard InChI is InChI=1S/C24H17N.C2H6/c1-3-9-18(10-4-1)19-15-16-24-22(17-19)21-13-7-8-14-23(21)25(24)20-11-5-2-6-12-20;1-2/h1-17H;1-2H3. The Labute approximate surface area is 160 Å². The van der Waals surface area contributed by atoms with E-state index in [-0.39, 0.29) is 0 Å². The Morgan fingerprint density at radius 3 is 1.81 bits per heavy atom. The highest BCUT2D eigenvalue weighted by Crippen LogP contribution is 2.34. The van der Waals surface area contributed by atoms with E-state index in [2.05, 4.69) is 108 Å². The molecule has 5 rings (SSSR count). The van der Waals surface area contributed by atoms with Gasteiger partial charge in [-0.1, -0.05) is 86.6 Å². The maximum atomic E-state index is 2.35. The summed E-state index contributed by atoms with van der Waals surface area (Å²) in [6.07, 6.45) is 0. The van der Waals surface area contributed by atoms with Crippen LogP contribution in [0.3, 0.4) is 0 Å². The number of benzene rings is 4. The normalized spacial score (nSPS) is 10.6. The van der Waals surface area contributed by atoms with Crippen molar-refractivity contribution in [3.8, 4) is 16.8 Å². The van der Waals surface area contributed by atoms with E-state index in [9.17, 15) is 0 Å². The molecule has 1 heterocycles. The van der Waals surface area contributed by atoms with Crippen LogP contribution in [0.15, 0.2) is 103 Å². The zero-order valence-corrected chi connectivity index (χ0v) is 15.8. The van der Waals surface area contributed by atoms with Crippen LogP contribution in [-0.4, -0.2) is 4.57 Å². The highest BCUT2D eigenvalue weighted by molar-refractivity contribution is 6.10. The third-order valence-electron chi connectivity index (χ3n) is 4.79. The highest BCUT2D eigenvalue weighted by atomic mass is 15.0. The highest BCUT2D eigenvalue weighted by Gasteiger charge is 2.12. The summed E-state index contributed by atoms with van der Waals surface area (Å²) in [5.41, 5.74) is 6.19. The maximum Gasteiger partial charge on any atom is 0.0541 e. The SMILES string of the molecule is CC.c1ccc(-c2ccc3c(c2)c2ccccc2n3-c2ccccc2)cc1. The molecule has 0 atom stereocenters. The molecular formula is C26H23N. The lowest BCUT2D eigenvalue weighted by atomic mass is 10.0. The van der Waals surface area contributed by atoms with Gasteiger partial charge in [0.25, 0.3) is 0 Å². The van der Waals surface area contributed by atoms with Gasteiger partial charge in [-0.3, -0.25) is 0 Å². The van der Waals surface area contributed by atoms with Gasteiger partial charge in [0, 0.05) is 16.5 Å². The first kappa shape index (κ1) is 17.1. The van der Waals surface area contributed by atoms with E-state index >= 15 is 0 Å². The fraction of sp³-hybridized carbons (Fsp3) is 0.0769. The van der Waals surface area contributed by atoms with E-state index in [1.54, 1.807) is 0 Å². The van der Waals surface area contributed by atoms with Crippen LogP contribution in [0.1, 0.15) is 13.8 Å². The number of rotatable bonds is 2. The summed E-state index contributed by atoms with van der Waals surface area (Å²) < 4.78 is 2.35. The van der Waals surface area contributed by atoms with Crippen molar-refractivity contribution in [3.05, 3.63) is 103 Å². The third-order valence-corrected chi connectivity index (χ3v) is 4.79. The summed E-state index contributed by atoms with van der Waals surface area (Å²) in [5.74, 6) is 0. The molecule has 0 aliphatic heterocycles. The predicted octanol–water partition coefficient (Wildman–Crippen LogP) is 7.48. The van der Waals surface area contributed by atoms with Gasteiger partial charge in [-0.25, -0.2) is 0 Å². The molecule has 0 amide bonds. The van der Waals surface area contributed by atoms with Crippen molar-refractivity contribution in [2.75, 3.05) is 0 Å². The average Bonchev–Trinajstić information content (AvgIpc) is 3.10. The smallest absolute Gasteiger partial charge is 0.0541 e. The van der Waals surface area contributed by atoms with Gasteiger partial charge in [-0.15, -0.1) is 0 Å². The number of hydrogen-bond acceptors (Lipinski definition) is 0. The van der Waals surface area contributed by atoms with Crippen molar-refractivity contribution in [2.45, 2.75) is 13.8 Å². The number of fused-ring (bicyclic) bond motifs is 3. The first-order valence-electron chi connectivity index (χ1n) is 9.56. The second-order valence-electron chi connectivity index (χ2n) is 6.29. The molecule has 0 N–H and O–H groups in total. The van der Waals surface area contributed by atoms with Gasteiger partial charge in [0.15, 0.2) is 0 Å². The molecule has 27 heavy (non-hydrogen) atoms. The molecule has 5 aromatic rings. The van der Waals surface area contributed by atoms with Gasteiger partial charge < -0.3 is 4.57 Å². The molecule has 0 aliphatic carbocycles. The molecule has 0 bridgehead atoms. The molecule has 0 fully saturated rings. The Kier molecular flexibility index (Phi) is 4.76. The molecule has 0 saturated heterocycles.